The van der Waals surface area contributed by atoms with Crippen LogP contribution >= 0.6 is 23.2 Å². The Morgan fingerprint density at radius 2 is 1.77 bits per heavy atom. The predicted octanol–water partition coefficient (Wildman–Crippen LogP) is 6.87. The molecule has 1 aliphatic carbocycles. The highest BCUT2D eigenvalue weighted by atomic mass is 35.5. The Bertz CT molecular complexity index is 1310. The number of carbonyl (C=O) groups excluding carboxylic acids is 2. The van der Waals surface area contributed by atoms with E-state index in [1.165, 1.54) is 6.07 Å². The van der Waals surface area contributed by atoms with E-state index in [1.807, 2.05) is 6.92 Å². The van der Waals surface area contributed by atoms with E-state index in [9.17, 15) is 27.6 Å². The lowest BCUT2D eigenvalue weighted by molar-refractivity contribution is -0.187. The minimum atomic E-state index is -4.36. The van der Waals surface area contributed by atoms with Gasteiger partial charge in [-0.1, -0.05) is 48.7 Å². The predicted molar refractivity (Wildman–Crippen MR) is 146 cm³/mol. The number of halogens is 5. The fourth-order valence-corrected chi connectivity index (χ4v) is 6.30. The van der Waals surface area contributed by atoms with E-state index in [0.29, 0.717) is 24.0 Å². The topological polar surface area (TPSA) is 95.8 Å². The molecule has 0 radical (unpaired) electrons. The SMILES string of the molecule is CC(c1ccc(C(=O)NCCC(=O)O)cc1)C1CC2(CCCC(C(F)(F)F)C2)N=C(c2cc(Cl)cc(Cl)c2)C1=O. The lowest BCUT2D eigenvalue weighted by Crippen LogP contribution is -2.48. The largest absolute Gasteiger partial charge is 0.481 e. The van der Waals surface area contributed by atoms with Crippen molar-refractivity contribution in [2.45, 2.75) is 63.1 Å². The molecule has 40 heavy (non-hydrogen) atoms. The van der Waals surface area contributed by atoms with E-state index in [2.05, 4.69) is 5.32 Å². The number of alkyl halides is 3. The number of carboxylic acids is 1. The summed E-state index contributed by atoms with van der Waals surface area (Å²) in [6.07, 6.45) is -3.77. The smallest absolute Gasteiger partial charge is 0.391 e. The van der Waals surface area contributed by atoms with Crippen molar-refractivity contribution in [2.24, 2.45) is 16.8 Å². The molecule has 0 bridgehead atoms. The van der Waals surface area contributed by atoms with Gasteiger partial charge in [0.05, 0.1) is 17.9 Å². The number of ketones is 1. The third kappa shape index (κ3) is 6.86. The molecule has 2 aliphatic rings. The summed E-state index contributed by atoms with van der Waals surface area (Å²) in [5.74, 6) is -4.30. The number of hydrogen-bond acceptors (Lipinski definition) is 4. The lowest BCUT2D eigenvalue weighted by Gasteiger charge is -2.44. The van der Waals surface area contributed by atoms with Crippen molar-refractivity contribution >= 4 is 46.6 Å². The minimum absolute atomic E-state index is 0.0144. The number of amides is 1. The molecule has 0 saturated heterocycles. The third-order valence-corrected chi connectivity index (χ3v) is 8.30. The lowest BCUT2D eigenvalue weighted by atomic mass is 9.65. The molecule has 214 valence electrons. The van der Waals surface area contributed by atoms with Gasteiger partial charge < -0.3 is 10.4 Å². The molecule has 1 spiro atoms. The fourth-order valence-electron chi connectivity index (χ4n) is 5.78. The van der Waals surface area contributed by atoms with Crippen LogP contribution in [0.3, 0.4) is 0 Å². The van der Waals surface area contributed by atoms with Gasteiger partial charge in [-0.2, -0.15) is 13.2 Å². The molecule has 2 N–H and O–H groups in total. The van der Waals surface area contributed by atoms with Gasteiger partial charge in [0.25, 0.3) is 5.91 Å². The molecule has 6 nitrogen and oxygen atoms in total. The van der Waals surface area contributed by atoms with Gasteiger partial charge in [0.2, 0.25) is 0 Å². The number of carboxylic acid groups (broad SMARTS) is 1. The molecule has 1 fully saturated rings. The Kier molecular flexibility index (Phi) is 8.95. The van der Waals surface area contributed by atoms with Crippen LogP contribution in [0.2, 0.25) is 10.0 Å². The van der Waals surface area contributed by atoms with Gasteiger partial charge in [-0.25, -0.2) is 0 Å². The Balaban J connectivity index is 1.65. The van der Waals surface area contributed by atoms with Gasteiger partial charge in [0, 0.05) is 33.6 Å². The summed E-state index contributed by atoms with van der Waals surface area (Å²) in [6.45, 7) is 1.83. The van der Waals surface area contributed by atoms with Crippen molar-refractivity contribution in [3.63, 3.8) is 0 Å². The van der Waals surface area contributed by atoms with Crippen molar-refractivity contribution in [3.8, 4) is 0 Å². The second kappa shape index (κ2) is 11.9. The zero-order valence-electron chi connectivity index (χ0n) is 21.7. The standard InChI is InChI=1S/C29H29Cl2F3N2O4/c1-16(17-4-6-18(7-5-17)27(40)35-10-8-24(37)38)23-15-28(9-2-3-20(14-28)29(32,33)34)36-25(26(23)39)19-11-21(30)13-22(31)12-19/h4-7,11-13,16,20,23H,2-3,8-10,14-15H2,1H3,(H,35,40)(H,37,38). The number of Topliss-reactive ketones (excluding diaryl/α,β-unsaturated/α-hetero) is 1. The molecule has 1 amide bonds. The zero-order valence-corrected chi connectivity index (χ0v) is 23.2. The van der Waals surface area contributed by atoms with Gasteiger partial charge in [-0.3, -0.25) is 19.4 Å². The van der Waals surface area contributed by atoms with Gasteiger partial charge in [-0.05, 0) is 67.5 Å². The summed E-state index contributed by atoms with van der Waals surface area (Å²) in [4.78, 5) is 41.6. The molecular weight excluding hydrogens is 568 g/mol. The van der Waals surface area contributed by atoms with Gasteiger partial charge in [0.1, 0.15) is 5.71 Å². The van der Waals surface area contributed by atoms with Gasteiger partial charge >= 0.3 is 12.1 Å². The molecule has 2 aromatic carbocycles. The maximum Gasteiger partial charge on any atom is 0.391 e. The monoisotopic (exact) mass is 596 g/mol. The van der Waals surface area contributed by atoms with Crippen molar-refractivity contribution in [3.05, 3.63) is 69.2 Å². The van der Waals surface area contributed by atoms with Crippen molar-refractivity contribution in [1.29, 1.82) is 0 Å². The highest BCUT2D eigenvalue weighted by Gasteiger charge is 2.51. The third-order valence-electron chi connectivity index (χ3n) is 7.87. The highest BCUT2D eigenvalue weighted by molar-refractivity contribution is 6.48. The minimum Gasteiger partial charge on any atom is -0.481 e. The Labute approximate surface area is 240 Å². The quantitative estimate of drug-likeness (QED) is 0.364. The normalized spacial score (nSPS) is 23.9. The maximum absolute atomic E-state index is 13.9. The van der Waals surface area contributed by atoms with Crippen LogP contribution in [-0.2, 0) is 9.59 Å². The van der Waals surface area contributed by atoms with Crippen LogP contribution in [0.5, 0.6) is 0 Å². The molecule has 2 aromatic rings. The number of nitrogens with one attached hydrogen (secondary N) is 1. The highest BCUT2D eigenvalue weighted by Crippen LogP contribution is 2.49. The van der Waals surface area contributed by atoms with Crippen molar-refractivity contribution in [1.82, 2.24) is 5.32 Å². The maximum atomic E-state index is 13.9. The number of aliphatic carboxylic acids is 1. The number of benzene rings is 2. The molecule has 11 heteroatoms. The van der Waals surface area contributed by atoms with Gasteiger partial charge in [0.15, 0.2) is 5.78 Å². The Hall–Kier alpha value is -2.91. The van der Waals surface area contributed by atoms with E-state index in [4.69, 9.17) is 33.3 Å². The van der Waals surface area contributed by atoms with E-state index < -0.39 is 35.4 Å². The van der Waals surface area contributed by atoms with Crippen LogP contribution in [0.25, 0.3) is 0 Å². The second-order valence-electron chi connectivity index (χ2n) is 10.7. The second-order valence-corrected chi connectivity index (χ2v) is 11.5. The average molecular weight is 597 g/mol. The summed E-state index contributed by atoms with van der Waals surface area (Å²) in [5, 5.41) is 11.9. The summed E-state index contributed by atoms with van der Waals surface area (Å²) in [6, 6.07) is 11.2. The van der Waals surface area contributed by atoms with Crippen LogP contribution in [0.1, 0.15) is 72.9 Å². The van der Waals surface area contributed by atoms with E-state index in [1.54, 1.807) is 36.4 Å². The van der Waals surface area contributed by atoms with E-state index in [-0.39, 0.29) is 59.7 Å². The van der Waals surface area contributed by atoms with Crippen molar-refractivity contribution < 1.29 is 32.7 Å². The summed E-state index contributed by atoms with van der Waals surface area (Å²) in [7, 11) is 0. The summed E-state index contributed by atoms with van der Waals surface area (Å²) >= 11 is 12.4. The molecule has 0 aromatic heterocycles. The van der Waals surface area contributed by atoms with E-state index >= 15 is 0 Å². The van der Waals surface area contributed by atoms with Crippen LogP contribution in [0.4, 0.5) is 13.2 Å². The van der Waals surface area contributed by atoms with Crippen LogP contribution in [-0.4, -0.2) is 46.7 Å². The van der Waals surface area contributed by atoms with Crippen LogP contribution < -0.4 is 5.32 Å². The molecular formula is C29H29Cl2F3N2O4. The number of rotatable bonds is 7. The molecule has 1 heterocycles. The fraction of sp³-hybridized carbons (Fsp3) is 0.448. The average Bonchev–Trinajstić information content (AvgIpc) is 2.88. The number of nitrogens with zero attached hydrogens (tertiary/aromatic N) is 1. The van der Waals surface area contributed by atoms with Crippen molar-refractivity contribution in [2.75, 3.05) is 6.54 Å². The van der Waals surface area contributed by atoms with Crippen LogP contribution in [0.15, 0.2) is 47.5 Å². The first-order chi connectivity index (χ1) is 18.8. The van der Waals surface area contributed by atoms with E-state index in [0.717, 1.165) is 5.56 Å². The molecule has 1 aliphatic heterocycles. The number of aliphatic imine (C=N–C) groups is 1. The van der Waals surface area contributed by atoms with Gasteiger partial charge in [-0.15, -0.1) is 0 Å². The van der Waals surface area contributed by atoms with Crippen LogP contribution in [0, 0.1) is 11.8 Å². The zero-order chi connectivity index (χ0) is 29.2. The first-order valence-corrected chi connectivity index (χ1v) is 13.8. The summed E-state index contributed by atoms with van der Waals surface area (Å²) in [5.41, 5.74) is 0.471. The molecule has 1 saturated carbocycles. The molecule has 4 unspecified atom stereocenters. The number of carbonyl (C=O) groups is 3. The Morgan fingerprint density at radius 3 is 2.38 bits per heavy atom. The first kappa shape index (κ1) is 30.1. The molecule has 4 atom stereocenters. The molecule has 4 rings (SSSR count). The first-order valence-electron chi connectivity index (χ1n) is 13.1. The Morgan fingerprint density at radius 1 is 1.12 bits per heavy atom. The summed E-state index contributed by atoms with van der Waals surface area (Å²) < 4.78 is 41.4. The number of hydrogen-bond donors (Lipinski definition) is 2.